The zero-order valence-corrected chi connectivity index (χ0v) is 18.9. The van der Waals surface area contributed by atoms with Crippen molar-refractivity contribution in [3.63, 3.8) is 0 Å². The van der Waals surface area contributed by atoms with Crippen molar-refractivity contribution in [1.29, 1.82) is 0 Å². The molecule has 5 aromatic rings. The van der Waals surface area contributed by atoms with E-state index >= 15 is 0 Å². The number of anilines is 1. The average Bonchev–Trinajstić information content (AvgIpc) is 3.49. The molecular formula is C25H18N4O4S. The second kappa shape index (κ2) is 8.27. The summed E-state index contributed by atoms with van der Waals surface area (Å²) in [4.78, 5) is 17.3. The number of fused-ring (bicyclic) bond motifs is 2. The first-order chi connectivity index (χ1) is 16.6. The molecule has 0 radical (unpaired) electrons. The number of amides is 1. The van der Waals surface area contributed by atoms with Crippen molar-refractivity contribution in [2.75, 3.05) is 18.5 Å². The summed E-state index contributed by atoms with van der Waals surface area (Å²) in [6, 6.07) is 18.6. The van der Waals surface area contributed by atoms with Crippen molar-refractivity contribution in [2.24, 2.45) is 0 Å². The maximum Gasteiger partial charge on any atom is 0.257 e. The van der Waals surface area contributed by atoms with Gasteiger partial charge in [0.25, 0.3) is 5.91 Å². The molecule has 0 spiro atoms. The van der Waals surface area contributed by atoms with E-state index in [1.807, 2.05) is 43.3 Å². The van der Waals surface area contributed by atoms with E-state index in [9.17, 15) is 4.79 Å². The van der Waals surface area contributed by atoms with Gasteiger partial charge in [-0.05, 0) is 42.8 Å². The maximum absolute atomic E-state index is 12.8. The second-order valence-corrected chi connectivity index (χ2v) is 8.77. The van der Waals surface area contributed by atoms with Crippen molar-refractivity contribution in [3.05, 3.63) is 71.8 Å². The monoisotopic (exact) mass is 470 g/mol. The number of nitrogens with one attached hydrogen (secondary N) is 1. The van der Waals surface area contributed by atoms with Crippen LogP contribution in [-0.2, 0) is 0 Å². The molecule has 3 heterocycles. The van der Waals surface area contributed by atoms with E-state index in [4.69, 9.17) is 13.9 Å². The molecule has 34 heavy (non-hydrogen) atoms. The number of aryl methyl sites for hydroxylation is 1. The van der Waals surface area contributed by atoms with E-state index in [1.165, 1.54) is 11.3 Å². The normalized spacial score (nSPS) is 12.6. The molecule has 1 aliphatic heterocycles. The molecule has 8 nitrogen and oxygen atoms in total. The first-order valence-electron chi connectivity index (χ1n) is 10.7. The number of carbonyl (C=O) groups is 1. The molecule has 3 aromatic carbocycles. The number of nitrogens with zero attached hydrogens (tertiary/aromatic N) is 3. The molecule has 6 rings (SSSR count). The van der Waals surface area contributed by atoms with Crippen molar-refractivity contribution in [3.8, 4) is 34.4 Å². The molecule has 0 fully saturated rings. The molecule has 168 valence electrons. The van der Waals surface area contributed by atoms with Gasteiger partial charge < -0.3 is 13.9 Å². The number of aromatic nitrogens is 3. The van der Waals surface area contributed by atoms with Gasteiger partial charge in [0.1, 0.15) is 13.2 Å². The van der Waals surface area contributed by atoms with Gasteiger partial charge in [-0.1, -0.05) is 29.5 Å². The Hall–Kier alpha value is -4.24. The standard InChI is InChI=1S/C25H18N4O4S/c1-14-4-2-3-5-17(14)24-29-28-23(33-24)16-8-6-15(7-9-16)22(30)27-25-26-18-12-19-20(13-21(18)34-25)32-11-10-31-19/h2-9,12-13H,10-11H2,1H3,(H,26,27,30). The maximum atomic E-state index is 12.8. The van der Waals surface area contributed by atoms with Gasteiger partial charge in [-0.3, -0.25) is 10.1 Å². The fraction of sp³-hybridized carbons (Fsp3) is 0.120. The summed E-state index contributed by atoms with van der Waals surface area (Å²) in [5, 5.41) is 11.7. The molecule has 0 atom stereocenters. The van der Waals surface area contributed by atoms with Crippen LogP contribution >= 0.6 is 11.3 Å². The summed E-state index contributed by atoms with van der Waals surface area (Å²) in [6.07, 6.45) is 0. The Morgan fingerprint density at radius 3 is 2.47 bits per heavy atom. The van der Waals surface area contributed by atoms with Gasteiger partial charge in [-0.25, -0.2) is 4.98 Å². The largest absolute Gasteiger partial charge is 0.486 e. The number of carbonyl (C=O) groups excluding carboxylic acids is 1. The van der Waals surface area contributed by atoms with Crippen molar-refractivity contribution >= 4 is 32.6 Å². The first kappa shape index (κ1) is 20.4. The number of rotatable bonds is 4. The van der Waals surface area contributed by atoms with Gasteiger partial charge in [0.2, 0.25) is 11.8 Å². The van der Waals surface area contributed by atoms with Gasteiger partial charge in [0.15, 0.2) is 16.6 Å². The van der Waals surface area contributed by atoms with Crippen LogP contribution in [0.1, 0.15) is 15.9 Å². The Labute approximate surface area is 198 Å². The van der Waals surface area contributed by atoms with Crippen LogP contribution in [0.15, 0.2) is 65.1 Å². The SMILES string of the molecule is Cc1ccccc1-c1nnc(-c2ccc(C(=O)Nc3nc4cc5c(cc4s3)OCCO5)cc2)o1. The minimum Gasteiger partial charge on any atom is -0.486 e. The highest BCUT2D eigenvalue weighted by atomic mass is 32.1. The topological polar surface area (TPSA) is 99.4 Å². The highest BCUT2D eigenvalue weighted by Gasteiger charge is 2.17. The Balaban J connectivity index is 1.19. The Morgan fingerprint density at radius 2 is 1.68 bits per heavy atom. The highest BCUT2D eigenvalue weighted by molar-refractivity contribution is 7.22. The van der Waals surface area contributed by atoms with Crippen LogP contribution in [0, 0.1) is 6.92 Å². The third-order valence-corrected chi connectivity index (χ3v) is 6.40. The molecule has 1 amide bonds. The van der Waals surface area contributed by atoms with Gasteiger partial charge in [0.05, 0.1) is 10.2 Å². The minimum atomic E-state index is -0.256. The fourth-order valence-electron chi connectivity index (χ4n) is 3.71. The number of hydrogen-bond donors (Lipinski definition) is 1. The van der Waals surface area contributed by atoms with E-state index in [0.717, 1.165) is 26.9 Å². The van der Waals surface area contributed by atoms with Crippen LogP contribution in [0.5, 0.6) is 11.5 Å². The third kappa shape index (κ3) is 3.75. The van der Waals surface area contributed by atoms with E-state index in [2.05, 4.69) is 20.5 Å². The van der Waals surface area contributed by atoms with Crippen LogP contribution in [0.3, 0.4) is 0 Å². The van der Waals surface area contributed by atoms with Crippen LogP contribution < -0.4 is 14.8 Å². The van der Waals surface area contributed by atoms with E-state index in [-0.39, 0.29) is 5.91 Å². The number of thiazole rings is 1. The van der Waals surface area contributed by atoms with E-state index in [0.29, 0.717) is 47.2 Å². The Kier molecular flexibility index (Phi) is 4.96. The summed E-state index contributed by atoms with van der Waals surface area (Å²) in [5.41, 5.74) is 3.93. The zero-order chi connectivity index (χ0) is 23.1. The molecule has 0 saturated carbocycles. The molecule has 0 aliphatic carbocycles. The van der Waals surface area contributed by atoms with Crippen LogP contribution in [0.2, 0.25) is 0 Å². The lowest BCUT2D eigenvalue weighted by molar-refractivity contribution is 0.102. The fourth-order valence-corrected chi connectivity index (χ4v) is 4.58. The number of ether oxygens (including phenoxy) is 2. The molecular weight excluding hydrogens is 452 g/mol. The van der Waals surface area contributed by atoms with Crippen LogP contribution in [0.4, 0.5) is 5.13 Å². The van der Waals surface area contributed by atoms with Crippen LogP contribution in [-0.4, -0.2) is 34.3 Å². The van der Waals surface area contributed by atoms with E-state index < -0.39 is 0 Å². The Morgan fingerprint density at radius 1 is 0.941 bits per heavy atom. The summed E-state index contributed by atoms with van der Waals surface area (Å²) in [5.74, 6) is 1.97. The van der Waals surface area contributed by atoms with Gasteiger partial charge in [0, 0.05) is 28.8 Å². The van der Waals surface area contributed by atoms with Gasteiger partial charge in [-0.2, -0.15) is 0 Å². The lowest BCUT2D eigenvalue weighted by atomic mass is 10.1. The highest BCUT2D eigenvalue weighted by Crippen LogP contribution is 2.38. The molecule has 1 N–H and O–H groups in total. The smallest absolute Gasteiger partial charge is 0.257 e. The summed E-state index contributed by atoms with van der Waals surface area (Å²) in [6.45, 7) is 3.03. The molecule has 0 unspecified atom stereocenters. The summed E-state index contributed by atoms with van der Waals surface area (Å²) in [7, 11) is 0. The van der Waals surface area contributed by atoms with Crippen molar-refractivity contribution in [1.82, 2.24) is 15.2 Å². The molecule has 2 aromatic heterocycles. The van der Waals surface area contributed by atoms with Crippen molar-refractivity contribution < 1.29 is 18.7 Å². The molecule has 0 bridgehead atoms. The Bertz CT molecular complexity index is 1480. The predicted octanol–water partition coefficient (Wildman–Crippen LogP) is 5.35. The van der Waals surface area contributed by atoms with Gasteiger partial charge in [-0.15, -0.1) is 10.2 Å². The second-order valence-electron chi connectivity index (χ2n) is 7.74. The van der Waals surface area contributed by atoms with Gasteiger partial charge >= 0.3 is 0 Å². The summed E-state index contributed by atoms with van der Waals surface area (Å²) >= 11 is 1.38. The molecule has 1 aliphatic rings. The summed E-state index contributed by atoms with van der Waals surface area (Å²) < 4.78 is 18.0. The average molecular weight is 471 g/mol. The number of benzene rings is 3. The third-order valence-electron chi connectivity index (χ3n) is 5.47. The van der Waals surface area contributed by atoms with E-state index in [1.54, 1.807) is 24.3 Å². The minimum absolute atomic E-state index is 0.256. The van der Waals surface area contributed by atoms with Crippen molar-refractivity contribution in [2.45, 2.75) is 6.92 Å². The lowest BCUT2D eigenvalue weighted by Crippen LogP contribution is -2.15. The number of hydrogen-bond acceptors (Lipinski definition) is 8. The molecule has 9 heteroatoms. The first-order valence-corrected chi connectivity index (χ1v) is 11.5. The zero-order valence-electron chi connectivity index (χ0n) is 18.1. The molecule has 0 saturated heterocycles. The quantitative estimate of drug-likeness (QED) is 0.378. The lowest BCUT2D eigenvalue weighted by Gasteiger charge is -2.17. The van der Waals surface area contributed by atoms with Crippen LogP contribution in [0.25, 0.3) is 33.1 Å². The predicted molar refractivity (Wildman–Crippen MR) is 128 cm³/mol.